The normalized spacial score (nSPS) is 17.0. The first-order valence-electron chi connectivity index (χ1n) is 9.01. The van der Waals surface area contributed by atoms with Crippen molar-refractivity contribution in [3.63, 3.8) is 0 Å². The fourth-order valence-corrected chi connectivity index (χ4v) is 3.17. The number of carbonyl (C=O) groups is 2. The van der Waals surface area contributed by atoms with Crippen molar-refractivity contribution in [1.29, 1.82) is 0 Å². The van der Waals surface area contributed by atoms with E-state index in [9.17, 15) is 9.59 Å². The summed E-state index contributed by atoms with van der Waals surface area (Å²) in [6, 6.07) is 9.37. The largest absolute Gasteiger partial charge is 0.492 e. The molecule has 146 valence electrons. The lowest BCUT2D eigenvalue weighted by atomic mass is 9.81. The summed E-state index contributed by atoms with van der Waals surface area (Å²) in [5, 5.41) is 3.02. The van der Waals surface area contributed by atoms with E-state index in [2.05, 4.69) is 5.32 Å². The standard InChI is InChI=1S/C19H29N3O3.ClH/c1-3-19(4-2,14-20)18(24)21-15-12-17(23)22(13-15)10-11-25-16-8-6-5-7-9-16;/h5-9,15H,3-4,10-14,20H2,1-2H3,(H,21,24);1H. The van der Waals surface area contributed by atoms with Crippen molar-refractivity contribution in [2.75, 3.05) is 26.2 Å². The molecule has 26 heavy (non-hydrogen) atoms. The predicted octanol–water partition coefficient (Wildman–Crippen LogP) is 1.97. The molecule has 0 aliphatic carbocycles. The van der Waals surface area contributed by atoms with Crippen LogP contribution in [0.1, 0.15) is 33.1 Å². The van der Waals surface area contributed by atoms with E-state index in [-0.39, 0.29) is 30.3 Å². The third kappa shape index (κ3) is 5.35. The maximum atomic E-state index is 12.6. The van der Waals surface area contributed by atoms with Crippen LogP contribution in [0.2, 0.25) is 0 Å². The number of rotatable bonds is 9. The third-order valence-electron chi connectivity index (χ3n) is 5.15. The van der Waals surface area contributed by atoms with Crippen molar-refractivity contribution >= 4 is 24.2 Å². The van der Waals surface area contributed by atoms with Crippen LogP contribution in [-0.4, -0.2) is 49.0 Å². The van der Waals surface area contributed by atoms with Gasteiger partial charge in [0.2, 0.25) is 11.8 Å². The molecule has 1 aromatic rings. The van der Waals surface area contributed by atoms with Gasteiger partial charge in [-0.15, -0.1) is 12.4 Å². The van der Waals surface area contributed by atoms with E-state index in [4.69, 9.17) is 10.5 Å². The van der Waals surface area contributed by atoms with Crippen molar-refractivity contribution in [1.82, 2.24) is 10.2 Å². The number of benzene rings is 1. The monoisotopic (exact) mass is 383 g/mol. The van der Waals surface area contributed by atoms with Gasteiger partial charge in [0.05, 0.1) is 18.0 Å². The van der Waals surface area contributed by atoms with Crippen molar-refractivity contribution in [3.05, 3.63) is 30.3 Å². The molecule has 1 aromatic carbocycles. The highest BCUT2D eigenvalue weighted by Crippen LogP contribution is 2.26. The topological polar surface area (TPSA) is 84.7 Å². The number of para-hydroxylation sites is 1. The summed E-state index contributed by atoms with van der Waals surface area (Å²) in [6.45, 7) is 5.75. The highest BCUT2D eigenvalue weighted by molar-refractivity contribution is 5.86. The Hall–Kier alpha value is -1.79. The number of amides is 2. The van der Waals surface area contributed by atoms with Crippen LogP contribution in [0.5, 0.6) is 5.75 Å². The van der Waals surface area contributed by atoms with Gasteiger partial charge in [-0.3, -0.25) is 9.59 Å². The molecular weight excluding hydrogens is 354 g/mol. The van der Waals surface area contributed by atoms with Gasteiger partial charge in [0.15, 0.2) is 0 Å². The summed E-state index contributed by atoms with van der Waals surface area (Å²) in [7, 11) is 0. The predicted molar refractivity (Wildman–Crippen MR) is 104 cm³/mol. The van der Waals surface area contributed by atoms with Crippen LogP contribution < -0.4 is 15.8 Å². The first-order chi connectivity index (χ1) is 12.0. The van der Waals surface area contributed by atoms with Crippen LogP contribution in [0.15, 0.2) is 30.3 Å². The molecule has 1 unspecified atom stereocenters. The van der Waals surface area contributed by atoms with Crippen molar-refractivity contribution in [2.45, 2.75) is 39.2 Å². The second kappa shape index (κ2) is 10.4. The SMILES string of the molecule is CCC(CC)(CN)C(=O)NC1CC(=O)N(CCOc2ccccc2)C1.Cl. The molecular formula is C19H30ClN3O3. The Kier molecular flexibility index (Phi) is 8.88. The molecule has 1 heterocycles. The third-order valence-corrected chi connectivity index (χ3v) is 5.15. The molecule has 2 rings (SSSR count). The number of nitrogens with zero attached hydrogens (tertiary/aromatic N) is 1. The van der Waals surface area contributed by atoms with E-state index in [1.54, 1.807) is 4.90 Å². The minimum Gasteiger partial charge on any atom is -0.492 e. The Morgan fingerprint density at radius 3 is 2.54 bits per heavy atom. The van der Waals surface area contributed by atoms with Gasteiger partial charge < -0.3 is 20.7 Å². The number of nitrogens with two attached hydrogens (primary N) is 1. The molecule has 1 fully saturated rings. The lowest BCUT2D eigenvalue weighted by Gasteiger charge is -2.30. The fraction of sp³-hybridized carbons (Fsp3) is 0.579. The Balaban J connectivity index is 0.00000338. The molecule has 3 N–H and O–H groups in total. The summed E-state index contributed by atoms with van der Waals surface area (Å²) < 4.78 is 5.64. The zero-order chi connectivity index (χ0) is 18.3. The highest BCUT2D eigenvalue weighted by atomic mass is 35.5. The van der Waals surface area contributed by atoms with Gasteiger partial charge >= 0.3 is 0 Å². The number of hydrogen-bond donors (Lipinski definition) is 2. The van der Waals surface area contributed by atoms with Crippen LogP contribution in [-0.2, 0) is 9.59 Å². The smallest absolute Gasteiger partial charge is 0.227 e. The number of nitrogens with one attached hydrogen (secondary N) is 1. The Labute approximate surface area is 161 Å². The molecule has 7 heteroatoms. The van der Waals surface area contributed by atoms with E-state index in [0.29, 0.717) is 45.5 Å². The first-order valence-corrected chi connectivity index (χ1v) is 9.01. The number of ether oxygens (including phenoxy) is 1. The zero-order valence-electron chi connectivity index (χ0n) is 15.6. The Bertz CT molecular complexity index is 570. The lowest BCUT2D eigenvalue weighted by Crippen LogP contribution is -2.49. The second-order valence-electron chi connectivity index (χ2n) is 6.57. The molecule has 0 aromatic heterocycles. The number of hydrogen-bond acceptors (Lipinski definition) is 4. The molecule has 1 aliphatic rings. The van der Waals surface area contributed by atoms with Gasteiger partial charge in [-0.2, -0.15) is 0 Å². The van der Waals surface area contributed by atoms with Gasteiger partial charge in [0, 0.05) is 19.5 Å². The van der Waals surface area contributed by atoms with Gasteiger partial charge in [-0.1, -0.05) is 32.0 Å². The molecule has 0 spiro atoms. The second-order valence-corrected chi connectivity index (χ2v) is 6.57. The molecule has 0 bridgehead atoms. The van der Waals surface area contributed by atoms with E-state index in [0.717, 1.165) is 5.75 Å². The quantitative estimate of drug-likeness (QED) is 0.682. The number of carbonyl (C=O) groups excluding carboxylic acids is 2. The number of halogens is 1. The molecule has 0 radical (unpaired) electrons. The van der Waals surface area contributed by atoms with Gasteiger partial charge in [0.1, 0.15) is 12.4 Å². The van der Waals surface area contributed by atoms with Crippen LogP contribution in [0.4, 0.5) is 0 Å². The van der Waals surface area contributed by atoms with E-state index in [1.807, 2.05) is 44.2 Å². The Morgan fingerprint density at radius 1 is 1.31 bits per heavy atom. The summed E-state index contributed by atoms with van der Waals surface area (Å²) in [4.78, 5) is 26.5. The molecule has 1 saturated heterocycles. The average molecular weight is 384 g/mol. The molecule has 6 nitrogen and oxygen atoms in total. The Morgan fingerprint density at radius 2 is 1.96 bits per heavy atom. The summed E-state index contributed by atoms with van der Waals surface area (Å²) >= 11 is 0. The summed E-state index contributed by atoms with van der Waals surface area (Å²) in [6.07, 6.45) is 1.73. The molecule has 1 aliphatic heterocycles. The van der Waals surface area contributed by atoms with Crippen molar-refractivity contribution < 1.29 is 14.3 Å². The first kappa shape index (κ1) is 22.3. The maximum absolute atomic E-state index is 12.6. The van der Waals surface area contributed by atoms with Gasteiger partial charge in [0.25, 0.3) is 0 Å². The van der Waals surface area contributed by atoms with Crippen LogP contribution in [0.25, 0.3) is 0 Å². The highest BCUT2D eigenvalue weighted by Gasteiger charge is 2.37. The van der Waals surface area contributed by atoms with E-state index < -0.39 is 5.41 Å². The molecule has 1 atom stereocenters. The van der Waals surface area contributed by atoms with Gasteiger partial charge in [-0.05, 0) is 25.0 Å². The maximum Gasteiger partial charge on any atom is 0.227 e. The van der Waals surface area contributed by atoms with Crippen molar-refractivity contribution in [2.24, 2.45) is 11.1 Å². The van der Waals surface area contributed by atoms with Gasteiger partial charge in [-0.25, -0.2) is 0 Å². The van der Waals surface area contributed by atoms with Crippen molar-refractivity contribution in [3.8, 4) is 5.75 Å². The van der Waals surface area contributed by atoms with Crippen LogP contribution in [0, 0.1) is 5.41 Å². The van der Waals surface area contributed by atoms with E-state index in [1.165, 1.54) is 0 Å². The molecule has 0 saturated carbocycles. The van der Waals surface area contributed by atoms with E-state index >= 15 is 0 Å². The zero-order valence-corrected chi connectivity index (χ0v) is 16.4. The summed E-state index contributed by atoms with van der Waals surface area (Å²) in [5.74, 6) is 0.797. The minimum atomic E-state index is -0.535. The van der Waals surface area contributed by atoms with Crippen LogP contribution >= 0.6 is 12.4 Å². The average Bonchev–Trinajstić information content (AvgIpc) is 2.97. The lowest BCUT2D eigenvalue weighted by molar-refractivity contribution is -0.131. The fourth-order valence-electron chi connectivity index (χ4n) is 3.17. The minimum absolute atomic E-state index is 0. The van der Waals surface area contributed by atoms with Crippen LogP contribution in [0.3, 0.4) is 0 Å². The number of likely N-dealkylation sites (tertiary alicyclic amines) is 1. The summed E-state index contributed by atoms with van der Waals surface area (Å²) in [5.41, 5.74) is 5.29. The molecule has 2 amide bonds.